The molecule has 162 valence electrons. The van der Waals surface area contributed by atoms with Crippen molar-refractivity contribution in [2.24, 2.45) is 11.5 Å². The molecule has 9 nitrogen and oxygen atoms in total. The molecule has 9 heteroatoms. The number of hydrogen-bond acceptors (Lipinski definition) is 8. The van der Waals surface area contributed by atoms with Crippen LogP contribution in [0.25, 0.3) is 0 Å². The number of hydrogen-bond donors (Lipinski definition) is 2. The van der Waals surface area contributed by atoms with Gasteiger partial charge >= 0.3 is 12.1 Å². The highest BCUT2D eigenvalue weighted by Gasteiger charge is 2.22. The number of carbonyl (C=O) groups is 2. The van der Waals surface area contributed by atoms with E-state index in [4.69, 9.17) is 30.4 Å². The minimum Gasteiger partial charge on any atom is -0.454 e. The molecular formula is C20H31N3O6. The van der Waals surface area contributed by atoms with Crippen molar-refractivity contribution in [1.82, 2.24) is 4.90 Å². The summed E-state index contributed by atoms with van der Waals surface area (Å²) in [5.41, 5.74) is 12.2. The second kappa shape index (κ2) is 11.5. The fourth-order valence-electron chi connectivity index (χ4n) is 3.09. The Bertz CT molecular complexity index is 684. The number of carbonyl (C=O) groups excluding carboxylic acids is 2. The zero-order chi connectivity index (χ0) is 21.2. The van der Waals surface area contributed by atoms with Crippen LogP contribution in [0.15, 0.2) is 18.2 Å². The summed E-state index contributed by atoms with van der Waals surface area (Å²) in [6.07, 6.45) is 2.09. The zero-order valence-electron chi connectivity index (χ0n) is 17.1. The molecule has 1 aliphatic heterocycles. The van der Waals surface area contributed by atoms with Gasteiger partial charge in [-0.1, -0.05) is 12.5 Å². The van der Waals surface area contributed by atoms with Crippen LogP contribution >= 0.6 is 0 Å². The summed E-state index contributed by atoms with van der Waals surface area (Å²) in [4.78, 5) is 25.8. The topological polar surface area (TPSA) is 126 Å². The summed E-state index contributed by atoms with van der Waals surface area (Å²) in [6, 6.07) is 4.84. The number of unbranched alkanes of at least 4 members (excludes halogenated alkanes) is 1. The molecule has 1 amide bonds. The Balaban J connectivity index is 1.78. The summed E-state index contributed by atoms with van der Waals surface area (Å²) < 4.78 is 20.7. The van der Waals surface area contributed by atoms with E-state index in [1.54, 1.807) is 4.90 Å². The SMILES string of the molecule is CCN(C(=O)OCOC(=O)C(N)CCCCN)C(C)Cc1ccc2c(c1)OCO2. The van der Waals surface area contributed by atoms with Gasteiger partial charge in [-0.15, -0.1) is 0 Å². The van der Waals surface area contributed by atoms with E-state index in [9.17, 15) is 9.59 Å². The van der Waals surface area contributed by atoms with Crippen LogP contribution in [0.5, 0.6) is 11.5 Å². The van der Waals surface area contributed by atoms with Crippen molar-refractivity contribution in [3.8, 4) is 11.5 Å². The second-order valence-electron chi connectivity index (χ2n) is 6.91. The van der Waals surface area contributed by atoms with Crippen LogP contribution < -0.4 is 20.9 Å². The molecule has 0 bridgehead atoms. The third-order valence-corrected chi connectivity index (χ3v) is 4.73. The summed E-state index contributed by atoms with van der Waals surface area (Å²) in [5.74, 6) is 0.831. The highest BCUT2D eigenvalue weighted by atomic mass is 16.7. The Morgan fingerprint density at radius 1 is 1.21 bits per heavy atom. The number of fused-ring (bicyclic) bond motifs is 1. The van der Waals surface area contributed by atoms with Crippen molar-refractivity contribution < 1.29 is 28.5 Å². The molecule has 1 heterocycles. The lowest BCUT2D eigenvalue weighted by atomic mass is 10.1. The van der Waals surface area contributed by atoms with E-state index in [1.807, 2.05) is 32.0 Å². The summed E-state index contributed by atoms with van der Waals surface area (Å²) >= 11 is 0. The van der Waals surface area contributed by atoms with Crippen molar-refractivity contribution in [2.75, 3.05) is 26.7 Å². The van der Waals surface area contributed by atoms with Gasteiger partial charge in [0.2, 0.25) is 13.6 Å². The number of amides is 1. The Kier molecular flexibility index (Phi) is 9.01. The van der Waals surface area contributed by atoms with Crippen LogP contribution in [-0.4, -0.2) is 55.7 Å². The number of nitrogens with two attached hydrogens (primary N) is 2. The highest BCUT2D eigenvalue weighted by molar-refractivity contribution is 5.75. The van der Waals surface area contributed by atoms with E-state index in [0.717, 1.165) is 24.2 Å². The molecule has 4 N–H and O–H groups in total. The Labute approximate surface area is 171 Å². The van der Waals surface area contributed by atoms with Crippen LogP contribution in [0.1, 0.15) is 38.7 Å². The lowest BCUT2D eigenvalue weighted by molar-refractivity contribution is -0.154. The van der Waals surface area contributed by atoms with Crippen LogP contribution in [0.4, 0.5) is 4.79 Å². The largest absolute Gasteiger partial charge is 0.454 e. The molecule has 0 aromatic heterocycles. The smallest absolute Gasteiger partial charge is 0.412 e. The number of nitrogens with zero attached hydrogens (tertiary/aromatic N) is 1. The van der Waals surface area contributed by atoms with Gasteiger partial charge < -0.3 is 35.3 Å². The van der Waals surface area contributed by atoms with Gasteiger partial charge in [-0.3, -0.25) is 4.79 Å². The fraction of sp³-hybridized carbons (Fsp3) is 0.600. The van der Waals surface area contributed by atoms with Gasteiger partial charge in [0.15, 0.2) is 11.5 Å². The predicted octanol–water partition coefficient (Wildman–Crippen LogP) is 1.76. The number of ether oxygens (including phenoxy) is 4. The van der Waals surface area contributed by atoms with Gasteiger partial charge in [-0.2, -0.15) is 0 Å². The molecule has 1 aliphatic rings. The molecule has 2 unspecified atom stereocenters. The van der Waals surface area contributed by atoms with Gasteiger partial charge in [0.25, 0.3) is 0 Å². The monoisotopic (exact) mass is 409 g/mol. The van der Waals surface area contributed by atoms with Gasteiger partial charge in [-0.25, -0.2) is 4.79 Å². The molecule has 0 saturated carbocycles. The van der Waals surface area contributed by atoms with Crippen LogP contribution in [0, 0.1) is 0 Å². The van der Waals surface area contributed by atoms with E-state index >= 15 is 0 Å². The summed E-state index contributed by atoms with van der Waals surface area (Å²) in [7, 11) is 0. The molecule has 0 fully saturated rings. The van der Waals surface area contributed by atoms with Crippen molar-refractivity contribution in [2.45, 2.75) is 51.6 Å². The average Bonchev–Trinajstić information content (AvgIpc) is 3.16. The van der Waals surface area contributed by atoms with Crippen molar-refractivity contribution in [3.63, 3.8) is 0 Å². The highest BCUT2D eigenvalue weighted by Crippen LogP contribution is 2.33. The molecule has 0 aliphatic carbocycles. The number of rotatable bonds is 11. The van der Waals surface area contributed by atoms with Crippen molar-refractivity contribution in [1.29, 1.82) is 0 Å². The Hall–Kier alpha value is -2.52. The predicted molar refractivity (Wildman–Crippen MR) is 106 cm³/mol. The van der Waals surface area contributed by atoms with E-state index < -0.39 is 24.9 Å². The third kappa shape index (κ3) is 6.79. The molecule has 0 spiro atoms. The average molecular weight is 409 g/mol. The first-order valence-electron chi connectivity index (χ1n) is 9.90. The minimum absolute atomic E-state index is 0.123. The maximum absolute atomic E-state index is 12.4. The lowest BCUT2D eigenvalue weighted by Crippen LogP contribution is -2.41. The van der Waals surface area contributed by atoms with Gasteiger partial charge in [0.1, 0.15) is 6.04 Å². The van der Waals surface area contributed by atoms with Crippen molar-refractivity contribution in [3.05, 3.63) is 23.8 Å². The van der Waals surface area contributed by atoms with E-state index in [1.165, 1.54) is 0 Å². The van der Waals surface area contributed by atoms with E-state index in [2.05, 4.69) is 0 Å². The summed E-state index contributed by atoms with van der Waals surface area (Å²) in [5, 5.41) is 0. The molecular weight excluding hydrogens is 378 g/mol. The first kappa shape index (κ1) is 22.8. The molecule has 1 aromatic rings. The Morgan fingerprint density at radius 3 is 2.69 bits per heavy atom. The quantitative estimate of drug-likeness (QED) is 0.322. The van der Waals surface area contributed by atoms with Gasteiger partial charge in [0.05, 0.1) is 0 Å². The van der Waals surface area contributed by atoms with Crippen LogP contribution in [-0.2, 0) is 20.7 Å². The molecule has 0 saturated heterocycles. The minimum atomic E-state index is -0.743. The molecule has 2 rings (SSSR count). The van der Waals surface area contributed by atoms with Crippen LogP contribution in [0.3, 0.4) is 0 Å². The van der Waals surface area contributed by atoms with Gasteiger partial charge in [0, 0.05) is 12.6 Å². The molecule has 29 heavy (non-hydrogen) atoms. The summed E-state index contributed by atoms with van der Waals surface area (Å²) in [6.45, 7) is 4.55. The van der Waals surface area contributed by atoms with Crippen molar-refractivity contribution >= 4 is 12.1 Å². The maximum atomic E-state index is 12.4. The maximum Gasteiger partial charge on any atom is 0.412 e. The second-order valence-corrected chi connectivity index (χ2v) is 6.91. The first-order valence-corrected chi connectivity index (χ1v) is 9.90. The normalized spacial score (nSPS) is 14.2. The molecule has 1 aromatic carbocycles. The Morgan fingerprint density at radius 2 is 1.97 bits per heavy atom. The molecule has 2 atom stereocenters. The van der Waals surface area contributed by atoms with Gasteiger partial charge in [-0.05, 0) is 57.4 Å². The number of benzene rings is 1. The standard InChI is InChI=1S/C20H31N3O6/c1-3-23(14(2)10-15-7-8-17-18(11-15)27-12-26-17)20(25)29-13-28-19(24)16(22)6-4-5-9-21/h7-8,11,14,16H,3-6,9-10,12-13,21-22H2,1-2H3. The number of likely N-dealkylation sites (N-methyl/N-ethyl adjacent to an activating group) is 1. The zero-order valence-corrected chi connectivity index (χ0v) is 17.1. The molecule has 0 radical (unpaired) electrons. The lowest BCUT2D eigenvalue weighted by Gasteiger charge is -2.27. The van der Waals surface area contributed by atoms with E-state index in [0.29, 0.717) is 31.7 Å². The van der Waals surface area contributed by atoms with E-state index in [-0.39, 0.29) is 12.8 Å². The number of esters is 1. The fourth-order valence-corrected chi connectivity index (χ4v) is 3.09. The van der Waals surface area contributed by atoms with Crippen LogP contribution in [0.2, 0.25) is 0 Å². The first-order chi connectivity index (χ1) is 14.0. The third-order valence-electron chi connectivity index (χ3n) is 4.73.